The first-order chi connectivity index (χ1) is 11.7. The molecular formula is C13H23NO11. The summed E-state index contributed by atoms with van der Waals surface area (Å²) in [6.07, 6.45) is -12.8. The van der Waals surface area contributed by atoms with E-state index in [9.17, 15) is 30.3 Å². The average Bonchev–Trinajstić information content (AvgIpc) is 2.57. The molecule has 4 unspecified atom stereocenters. The van der Waals surface area contributed by atoms with Gasteiger partial charge in [0.15, 0.2) is 18.7 Å². The Kier molecular flexibility index (Phi) is 6.67. The highest BCUT2D eigenvalue weighted by atomic mass is 16.7. The lowest BCUT2D eigenvalue weighted by molar-refractivity contribution is -0.304. The van der Waals surface area contributed by atoms with Gasteiger partial charge in [-0.25, -0.2) is 4.79 Å². The maximum Gasteiger partial charge on any atom is 0.335 e. The fraction of sp³-hybridized carbons (Fsp3) is 0.923. The van der Waals surface area contributed by atoms with Gasteiger partial charge in [0.25, 0.3) is 0 Å². The highest BCUT2D eigenvalue weighted by molar-refractivity contribution is 5.73. The van der Waals surface area contributed by atoms with Crippen molar-refractivity contribution in [2.24, 2.45) is 11.7 Å². The van der Waals surface area contributed by atoms with Crippen LogP contribution in [0.5, 0.6) is 0 Å². The molecule has 2 fully saturated rings. The molecule has 146 valence electrons. The van der Waals surface area contributed by atoms with Crippen molar-refractivity contribution in [2.75, 3.05) is 13.2 Å². The quantitative estimate of drug-likeness (QED) is 0.229. The van der Waals surface area contributed by atoms with E-state index in [4.69, 9.17) is 30.2 Å². The Morgan fingerprint density at radius 3 is 2.20 bits per heavy atom. The predicted molar refractivity (Wildman–Crippen MR) is 75.7 cm³/mol. The molecule has 2 rings (SSSR count). The Hall–Kier alpha value is -0.930. The van der Waals surface area contributed by atoms with Crippen LogP contribution in [0.4, 0.5) is 0 Å². The van der Waals surface area contributed by atoms with E-state index in [1.165, 1.54) is 0 Å². The largest absolute Gasteiger partial charge is 0.479 e. The lowest BCUT2D eigenvalue weighted by Crippen LogP contribution is -2.62. The molecular weight excluding hydrogens is 346 g/mol. The highest BCUT2D eigenvalue weighted by Gasteiger charge is 2.49. The van der Waals surface area contributed by atoms with Crippen LogP contribution in [0.1, 0.15) is 0 Å². The van der Waals surface area contributed by atoms with E-state index in [1.54, 1.807) is 0 Å². The maximum atomic E-state index is 11.0. The molecule has 0 saturated carbocycles. The van der Waals surface area contributed by atoms with Gasteiger partial charge in [-0.05, 0) is 0 Å². The van der Waals surface area contributed by atoms with Crippen molar-refractivity contribution >= 4 is 5.97 Å². The zero-order valence-corrected chi connectivity index (χ0v) is 13.0. The van der Waals surface area contributed by atoms with Gasteiger partial charge in [0, 0.05) is 5.92 Å². The zero-order chi connectivity index (χ0) is 18.9. The summed E-state index contributed by atoms with van der Waals surface area (Å²) in [5.74, 6) is -2.51. The van der Waals surface area contributed by atoms with E-state index in [2.05, 4.69) is 0 Å². The number of aliphatic hydroxyl groups excluding tert-OH is 6. The number of aliphatic hydroxyl groups is 6. The number of hydrogen-bond donors (Lipinski definition) is 8. The molecule has 25 heavy (non-hydrogen) atoms. The van der Waals surface area contributed by atoms with Crippen LogP contribution in [0.2, 0.25) is 0 Å². The third-order valence-corrected chi connectivity index (χ3v) is 4.40. The minimum absolute atomic E-state index is 0.407. The molecule has 0 spiro atoms. The van der Waals surface area contributed by atoms with Crippen molar-refractivity contribution < 1.29 is 54.8 Å². The summed E-state index contributed by atoms with van der Waals surface area (Å²) in [5.41, 5.74) is 5.72. The molecule has 2 saturated heterocycles. The molecule has 12 heteroatoms. The van der Waals surface area contributed by atoms with Gasteiger partial charge < -0.3 is 55.7 Å². The van der Waals surface area contributed by atoms with Crippen molar-refractivity contribution in [1.82, 2.24) is 0 Å². The Bertz CT molecular complexity index is 465. The predicted octanol–water partition coefficient (Wildman–Crippen LogP) is -5.09. The highest BCUT2D eigenvalue weighted by Crippen LogP contribution is 2.27. The molecule has 2 aliphatic rings. The third kappa shape index (κ3) is 4.09. The van der Waals surface area contributed by atoms with Crippen LogP contribution < -0.4 is 5.73 Å². The fourth-order valence-corrected chi connectivity index (χ4v) is 2.82. The van der Waals surface area contributed by atoms with Crippen LogP contribution in [0.25, 0.3) is 0 Å². The molecule has 9 N–H and O–H groups in total. The molecule has 0 amide bonds. The van der Waals surface area contributed by atoms with Gasteiger partial charge in [-0.15, -0.1) is 0 Å². The van der Waals surface area contributed by atoms with Crippen LogP contribution in [0.3, 0.4) is 0 Å². The van der Waals surface area contributed by atoms with E-state index >= 15 is 0 Å². The maximum absolute atomic E-state index is 11.0. The van der Waals surface area contributed by atoms with Crippen LogP contribution in [-0.2, 0) is 19.0 Å². The van der Waals surface area contributed by atoms with E-state index in [-0.39, 0.29) is 0 Å². The molecule has 0 aliphatic carbocycles. The minimum Gasteiger partial charge on any atom is -0.479 e. The Morgan fingerprint density at radius 1 is 1.00 bits per heavy atom. The van der Waals surface area contributed by atoms with Crippen LogP contribution in [0.15, 0.2) is 0 Å². The summed E-state index contributed by atoms with van der Waals surface area (Å²) >= 11 is 0. The topological polar surface area (TPSA) is 212 Å². The van der Waals surface area contributed by atoms with Crippen molar-refractivity contribution in [2.45, 2.75) is 55.2 Å². The van der Waals surface area contributed by atoms with Gasteiger partial charge in [0.2, 0.25) is 0 Å². The number of carbonyl (C=O) groups is 1. The molecule has 12 nitrogen and oxygen atoms in total. The second-order valence-electron chi connectivity index (χ2n) is 6.05. The molecule has 0 aromatic rings. The summed E-state index contributed by atoms with van der Waals surface area (Å²) in [6.45, 7) is -0.994. The monoisotopic (exact) mass is 369 g/mol. The second-order valence-corrected chi connectivity index (χ2v) is 6.05. The SMILES string of the molecule is NC1[C@H](O)OC(CO)[C@@H](O)[C@H]1CO[C@@H]1OC(C(=O)O)[C@@H](O)[C@@H](O)C1O. The summed E-state index contributed by atoms with van der Waals surface area (Å²) < 4.78 is 15.1. The van der Waals surface area contributed by atoms with Gasteiger partial charge in [-0.1, -0.05) is 0 Å². The van der Waals surface area contributed by atoms with Gasteiger partial charge in [0.1, 0.15) is 24.4 Å². The number of nitrogens with two attached hydrogens (primary N) is 1. The summed E-state index contributed by atoms with van der Waals surface area (Å²) in [4.78, 5) is 11.0. The van der Waals surface area contributed by atoms with Gasteiger partial charge in [-0.2, -0.15) is 0 Å². The summed E-state index contributed by atoms with van der Waals surface area (Å²) in [7, 11) is 0. The van der Waals surface area contributed by atoms with E-state index in [0.29, 0.717) is 0 Å². The summed E-state index contributed by atoms with van der Waals surface area (Å²) in [5, 5.41) is 67.0. The first-order valence-electron chi connectivity index (χ1n) is 7.61. The third-order valence-electron chi connectivity index (χ3n) is 4.40. The van der Waals surface area contributed by atoms with Crippen LogP contribution in [-0.4, -0.2) is 110 Å². The minimum atomic E-state index is -1.86. The van der Waals surface area contributed by atoms with Crippen LogP contribution >= 0.6 is 0 Å². The number of ether oxygens (including phenoxy) is 3. The van der Waals surface area contributed by atoms with Gasteiger partial charge >= 0.3 is 5.97 Å². The van der Waals surface area contributed by atoms with E-state index in [0.717, 1.165) is 0 Å². The van der Waals surface area contributed by atoms with Crippen molar-refractivity contribution in [1.29, 1.82) is 0 Å². The molecule has 2 heterocycles. The zero-order valence-electron chi connectivity index (χ0n) is 13.0. The Balaban J connectivity index is 2.04. The Morgan fingerprint density at radius 2 is 1.64 bits per heavy atom. The first-order valence-corrected chi connectivity index (χ1v) is 7.61. The van der Waals surface area contributed by atoms with Crippen molar-refractivity contribution in [3.8, 4) is 0 Å². The number of carboxylic acid groups (broad SMARTS) is 1. The molecule has 0 aromatic carbocycles. The average molecular weight is 369 g/mol. The summed E-state index contributed by atoms with van der Waals surface area (Å²) in [6, 6.07) is -1.09. The fourth-order valence-electron chi connectivity index (χ4n) is 2.82. The number of carboxylic acids is 1. The standard InChI is InChI=1S/C13H23NO11/c14-5-3(6(16)4(1-15)24-12(5)22)2-23-13-9(19)7(17)8(18)10(25-13)11(20)21/h3-10,12-13,15-19,22H,1-2,14H2,(H,20,21)/t3-,4?,5?,6-,7+,8-,9?,10?,12+,13+/m0/s1. The molecule has 2 aliphatic heterocycles. The molecule has 10 atom stereocenters. The second kappa shape index (κ2) is 8.18. The molecule has 0 bridgehead atoms. The van der Waals surface area contributed by atoms with E-state index in [1.807, 2.05) is 0 Å². The van der Waals surface area contributed by atoms with E-state index < -0.39 is 80.3 Å². The number of aliphatic carboxylic acids is 1. The first kappa shape index (κ1) is 20.4. The lowest BCUT2D eigenvalue weighted by Gasteiger charge is -2.43. The lowest BCUT2D eigenvalue weighted by atomic mass is 9.88. The van der Waals surface area contributed by atoms with Gasteiger partial charge in [0.05, 0.1) is 25.4 Å². The number of rotatable bonds is 5. The Labute approximate surface area is 142 Å². The normalized spacial score (nSPS) is 48.3. The number of hydrogen-bond acceptors (Lipinski definition) is 11. The van der Waals surface area contributed by atoms with Crippen molar-refractivity contribution in [3.05, 3.63) is 0 Å². The molecule has 0 radical (unpaired) electrons. The molecule has 0 aromatic heterocycles. The smallest absolute Gasteiger partial charge is 0.335 e. The van der Waals surface area contributed by atoms with Crippen LogP contribution in [0, 0.1) is 5.92 Å². The van der Waals surface area contributed by atoms with Gasteiger partial charge in [-0.3, -0.25) is 0 Å². The van der Waals surface area contributed by atoms with Crippen molar-refractivity contribution in [3.63, 3.8) is 0 Å².